The van der Waals surface area contributed by atoms with Crippen LogP contribution in [0.15, 0.2) is 18.3 Å². The summed E-state index contributed by atoms with van der Waals surface area (Å²) in [6, 6.07) is 3.77. The average Bonchev–Trinajstić information content (AvgIpc) is 2.68. The molecule has 1 saturated heterocycles. The van der Waals surface area contributed by atoms with Crippen LogP contribution in [0, 0.1) is 0 Å². The Hall–Kier alpha value is -1.95. The molecule has 0 aromatic carbocycles. The first-order valence-corrected chi connectivity index (χ1v) is 10.1. The van der Waals surface area contributed by atoms with Crippen molar-refractivity contribution >= 4 is 11.8 Å². The first kappa shape index (κ1) is 19.8. The minimum atomic E-state index is -0.789. The van der Waals surface area contributed by atoms with E-state index in [1.54, 1.807) is 25.2 Å². The first-order valence-electron chi connectivity index (χ1n) is 10.1. The fraction of sp³-hybridized carbons (Fsp3) is 0.667. The molecule has 0 radical (unpaired) electrons. The topological polar surface area (TPSA) is 73.7 Å². The largest absolute Gasteiger partial charge is 0.389 e. The molecule has 0 unspecified atom stereocenters. The Morgan fingerprint density at radius 2 is 1.85 bits per heavy atom. The molecule has 1 aromatic heterocycles. The molecule has 27 heavy (non-hydrogen) atoms. The van der Waals surface area contributed by atoms with E-state index < -0.39 is 5.60 Å². The number of piperidine rings is 1. The van der Waals surface area contributed by atoms with Gasteiger partial charge in [-0.15, -0.1) is 0 Å². The normalized spacial score (nSPS) is 20.3. The number of nitrogens with zero attached hydrogens (tertiary/aromatic N) is 3. The van der Waals surface area contributed by atoms with Crippen LogP contribution < -0.4 is 0 Å². The van der Waals surface area contributed by atoms with Gasteiger partial charge in [0.25, 0.3) is 5.91 Å². The molecule has 148 valence electrons. The van der Waals surface area contributed by atoms with Crippen LogP contribution in [0.25, 0.3) is 0 Å². The van der Waals surface area contributed by atoms with Gasteiger partial charge in [-0.1, -0.05) is 19.3 Å². The molecule has 0 atom stereocenters. The van der Waals surface area contributed by atoms with Gasteiger partial charge in [0, 0.05) is 45.0 Å². The maximum atomic E-state index is 12.6. The zero-order valence-corrected chi connectivity index (χ0v) is 16.5. The second-order valence-corrected chi connectivity index (χ2v) is 8.29. The summed E-state index contributed by atoms with van der Waals surface area (Å²) in [5, 5.41) is 10.6. The zero-order chi connectivity index (χ0) is 19.4. The van der Waals surface area contributed by atoms with Crippen molar-refractivity contribution in [3.8, 4) is 0 Å². The molecule has 3 rings (SSSR count). The highest BCUT2D eigenvalue weighted by Crippen LogP contribution is 2.33. The Bertz CT molecular complexity index is 658. The summed E-state index contributed by atoms with van der Waals surface area (Å²) in [6.45, 7) is 1.42. The number of hydrogen-bond acceptors (Lipinski definition) is 4. The molecule has 2 fully saturated rings. The van der Waals surface area contributed by atoms with Crippen LogP contribution in [0.4, 0.5) is 0 Å². The maximum Gasteiger partial charge on any atom is 0.254 e. The van der Waals surface area contributed by atoms with Crippen LogP contribution in [0.3, 0.4) is 0 Å². The molecule has 1 aliphatic carbocycles. The molecular weight excluding hydrogens is 342 g/mol. The van der Waals surface area contributed by atoms with E-state index in [1.165, 1.54) is 0 Å². The van der Waals surface area contributed by atoms with Crippen molar-refractivity contribution in [3.63, 3.8) is 0 Å². The van der Waals surface area contributed by atoms with Gasteiger partial charge in [0.1, 0.15) is 0 Å². The highest BCUT2D eigenvalue weighted by Gasteiger charge is 2.34. The van der Waals surface area contributed by atoms with Crippen LogP contribution in [-0.2, 0) is 4.79 Å². The van der Waals surface area contributed by atoms with E-state index in [0.29, 0.717) is 24.6 Å². The molecular formula is C21H31N3O3. The van der Waals surface area contributed by atoms with Gasteiger partial charge in [-0.3, -0.25) is 14.6 Å². The molecule has 2 amide bonds. The molecule has 1 saturated carbocycles. The smallest absolute Gasteiger partial charge is 0.254 e. The number of aliphatic hydroxyl groups is 1. The first-order chi connectivity index (χ1) is 12.9. The standard InChI is InChI=1S/C21H31N3O3/c1-23(2)20(26)17-6-7-18(22-15-17)16-8-12-24(13-9-16)19(25)14-21(27)10-4-3-5-11-21/h6-7,15-16,27H,3-5,8-14H2,1-2H3. The predicted molar refractivity (Wildman–Crippen MR) is 103 cm³/mol. The summed E-state index contributed by atoms with van der Waals surface area (Å²) in [7, 11) is 3.46. The number of likely N-dealkylation sites (tertiary alicyclic amines) is 1. The number of aromatic nitrogens is 1. The molecule has 0 spiro atoms. The summed E-state index contributed by atoms with van der Waals surface area (Å²) in [5.41, 5.74) is 0.795. The summed E-state index contributed by atoms with van der Waals surface area (Å²) in [6.07, 6.45) is 8.34. The van der Waals surface area contributed by atoms with Crippen molar-refractivity contribution in [1.29, 1.82) is 0 Å². The van der Waals surface area contributed by atoms with Crippen molar-refractivity contribution in [2.24, 2.45) is 0 Å². The lowest BCUT2D eigenvalue weighted by Gasteiger charge is -2.36. The van der Waals surface area contributed by atoms with Gasteiger partial charge in [-0.05, 0) is 37.8 Å². The minimum absolute atomic E-state index is 0.0462. The van der Waals surface area contributed by atoms with Gasteiger partial charge in [-0.2, -0.15) is 0 Å². The number of hydrogen-bond donors (Lipinski definition) is 1. The van der Waals surface area contributed by atoms with E-state index in [2.05, 4.69) is 4.98 Å². The molecule has 6 heteroatoms. The Balaban J connectivity index is 1.52. The zero-order valence-electron chi connectivity index (χ0n) is 16.5. The lowest BCUT2D eigenvalue weighted by molar-refractivity contribution is -0.138. The van der Waals surface area contributed by atoms with Crippen LogP contribution >= 0.6 is 0 Å². The monoisotopic (exact) mass is 373 g/mol. The van der Waals surface area contributed by atoms with Crippen molar-refractivity contribution < 1.29 is 14.7 Å². The predicted octanol–water partition coefficient (Wildman–Crippen LogP) is 2.57. The van der Waals surface area contributed by atoms with Crippen LogP contribution in [-0.4, -0.2) is 64.5 Å². The number of carbonyl (C=O) groups is 2. The van der Waals surface area contributed by atoms with Crippen LogP contribution in [0.2, 0.25) is 0 Å². The third kappa shape index (κ3) is 4.86. The van der Waals surface area contributed by atoms with Gasteiger partial charge in [0.05, 0.1) is 17.6 Å². The van der Waals surface area contributed by atoms with Crippen molar-refractivity contribution in [2.75, 3.05) is 27.2 Å². The quantitative estimate of drug-likeness (QED) is 0.880. The fourth-order valence-corrected chi connectivity index (χ4v) is 4.24. The van der Waals surface area contributed by atoms with Gasteiger partial charge in [0.2, 0.25) is 5.91 Å². The van der Waals surface area contributed by atoms with E-state index in [4.69, 9.17) is 0 Å². The molecule has 1 aromatic rings. The van der Waals surface area contributed by atoms with E-state index in [1.807, 2.05) is 17.0 Å². The van der Waals surface area contributed by atoms with Gasteiger partial charge in [-0.25, -0.2) is 0 Å². The van der Waals surface area contributed by atoms with E-state index in [0.717, 1.165) is 50.6 Å². The Kier molecular flexibility index (Phi) is 6.15. The fourth-order valence-electron chi connectivity index (χ4n) is 4.24. The van der Waals surface area contributed by atoms with E-state index >= 15 is 0 Å². The van der Waals surface area contributed by atoms with Crippen molar-refractivity contribution in [3.05, 3.63) is 29.6 Å². The Labute approximate surface area is 161 Å². The third-order valence-electron chi connectivity index (χ3n) is 5.97. The number of amides is 2. The average molecular weight is 373 g/mol. The number of rotatable bonds is 4. The van der Waals surface area contributed by atoms with Gasteiger partial charge >= 0.3 is 0 Å². The molecule has 6 nitrogen and oxygen atoms in total. The highest BCUT2D eigenvalue weighted by molar-refractivity contribution is 5.93. The van der Waals surface area contributed by atoms with Gasteiger partial charge < -0.3 is 14.9 Å². The Morgan fingerprint density at radius 1 is 1.19 bits per heavy atom. The summed E-state index contributed by atoms with van der Waals surface area (Å²) in [4.78, 5) is 32.5. The lowest BCUT2D eigenvalue weighted by Crippen LogP contribution is -2.43. The maximum absolute atomic E-state index is 12.6. The molecule has 0 bridgehead atoms. The third-order valence-corrected chi connectivity index (χ3v) is 5.97. The summed E-state index contributed by atoms with van der Waals surface area (Å²) in [5.74, 6) is 0.350. The highest BCUT2D eigenvalue weighted by atomic mass is 16.3. The SMILES string of the molecule is CN(C)C(=O)c1ccc(C2CCN(C(=O)CC3(O)CCCCC3)CC2)nc1. The lowest BCUT2D eigenvalue weighted by atomic mass is 9.82. The van der Waals surface area contributed by atoms with Crippen LogP contribution in [0.5, 0.6) is 0 Å². The van der Waals surface area contributed by atoms with E-state index in [9.17, 15) is 14.7 Å². The van der Waals surface area contributed by atoms with Crippen LogP contribution in [0.1, 0.15) is 73.3 Å². The molecule has 2 aliphatic rings. The molecule has 2 heterocycles. The molecule has 1 N–H and O–H groups in total. The second-order valence-electron chi connectivity index (χ2n) is 8.29. The summed E-state index contributed by atoms with van der Waals surface area (Å²) >= 11 is 0. The molecule has 1 aliphatic heterocycles. The van der Waals surface area contributed by atoms with Crippen molar-refractivity contribution in [1.82, 2.24) is 14.8 Å². The number of carbonyl (C=O) groups excluding carboxylic acids is 2. The second kappa shape index (κ2) is 8.38. The van der Waals surface area contributed by atoms with Crippen molar-refractivity contribution in [2.45, 2.75) is 62.9 Å². The summed E-state index contributed by atoms with van der Waals surface area (Å²) < 4.78 is 0. The Morgan fingerprint density at radius 3 is 2.41 bits per heavy atom. The van der Waals surface area contributed by atoms with E-state index in [-0.39, 0.29) is 18.2 Å². The minimum Gasteiger partial charge on any atom is -0.389 e. The number of pyridine rings is 1. The van der Waals surface area contributed by atoms with Gasteiger partial charge in [0.15, 0.2) is 0 Å².